The van der Waals surface area contributed by atoms with E-state index in [1.165, 1.54) is 7.11 Å². The number of esters is 1. The molecule has 1 heterocycles. The molecule has 0 bridgehead atoms. The number of anilines is 1. The van der Waals surface area contributed by atoms with Gasteiger partial charge in [-0.3, -0.25) is 4.79 Å². The van der Waals surface area contributed by atoms with E-state index in [1.54, 1.807) is 6.33 Å². The zero-order chi connectivity index (χ0) is 15.4. The smallest absolute Gasteiger partial charge is 0.310 e. The predicted octanol–water partition coefficient (Wildman–Crippen LogP) is 3.03. The third kappa shape index (κ3) is 3.50. The summed E-state index contributed by atoms with van der Waals surface area (Å²) in [4.78, 5) is 22.4. The van der Waals surface area contributed by atoms with Crippen molar-refractivity contribution in [2.24, 2.45) is 5.92 Å². The summed E-state index contributed by atoms with van der Waals surface area (Å²) in [5.74, 6) is 0.402. The van der Waals surface area contributed by atoms with Crippen LogP contribution in [-0.2, 0) is 9.53 Å². The fourth-order valence-electron chi connectivity index (χ4n) is 2.24. The minimum absolute atomic E-state index is 0.215. The van der Waals surface area contributed by atoms with Crippen LogP contribution in [-0.4, -0.2) is 36.1 Å². The summed E-state index contributed by atoms with van der Waals surface area (Å²) in [6.07, 6.45) is 1.55. The second-order valence-electron chi connectivity index (χ2n) is 4.82. The maximum absolute atomic E-state index is 11.6. The molecule has 112 valence electrons. The van der Waals surface area contributed by atoms with Gasteiger partial charge in [-0.25, -0.2) is 9.97 Å². The van der Waals surface area contributed by atoms with E-state index < -0.39 is 0 Å². The van der Waals surface area contributed by atoms with Gasteiger partial charge < -0.3 is 9.64 Å². The maximum Gasteiger partial charge on any atom is 0.310 e. The lowest BCUT2D eigenvalue weighted by molar-refractivity contribution is -0.144. The van der Waals surface area contributed by atoms with Crippen molar-refractivity contribution in [2.45, 2.75) is 13.8 Å². The van der Waals surface area contributed by atoms with Crippen molar-refractivity contribution in [1.82, 2.24) is 9.97 Å². The molecule has 6 heteroatoms. The average Bonchev–Trinajstić information content (AvgIpc) is 2.51. The van der Waals surface area contributed by atoms with E-state index in [-0.39, 0.29) is 11.9 Å². The van der Waals surface area contributed by atoms with Crippen molar-refractivity contribution in [3.05, 3.63) is 29.0 Å². The Bertz CT molecular complexity index is 648. The normalized spacial score (nSPS) is 12.2. The van der Waals surface area contributed by atoms with E-state index in [0.717, 1.165) is 27.7 Å². The number of hydrogen-bond donors (Lipinski definition) is 0. The van der Waals surface area contributed by atoms with Gasteiger partial charge in [-0.1, -0.05) is 22.9 Å². The number of carbonyl (C=O) groups excluding carboxylic acids is 1. The highest BCUT2D eigenvalue weighted by Crippen LogP contribution is 2.26. The summed E-state index contributed by atoms with van der Waals surface area (Å²) in [6, 6.07) is 5.89. The van der Waals surface area contributed by atoms with Crippen molar-refractivity contribution < 1.29 is 9.53 Å². The van der Waals surface area contributed by atoms with E-state index in [1.807, 2.05) is 32.0 Å². The monoisotopic (exact) mass is 351 g/mol. The highest BCUT2D eigenvalue weighted by atomic mass is 79.9. The molecule has 0 saturated heterocycles. The van der Waals surface area contributed by atoms with E-state index >= 15 is 0 Å². The Hall–Kier alpha value is -1.69. The first-order chi connectivity index (χ1) is 10.1. The number of benzene rings is 1. The molecule has 0 spiro atoms. The molecule has 0 N–H and O–H groups in total. The number of aromatic nitrogens is 2. The Labute approximate surface area is 132 Å². The molecule has 0 fully saturated rings. The van der Waals surface area contributed by atoms with Gasteiger partial charge in [0.1, 0.15) is 12.1 Å². The van der Waals surface area contributed by atoms with Crippen LogP contribution in [0.5, 0.6) is 0 Å². The molecule has 0 aliphatic heterocycles. The van der Waals surface area contributed by atoms with Gasteiger partial charge in [0, 0.05) is 22.9 Å². The Morgan fingerprint density at radius 2 is 2.19 bits per heavy atom. The number of ether oxygens (including phenoxy) is 1. The van der Waals surface area contributed by atoms with E-state index in [2.05, 4.69) is 30.8 Å². The minimum Gasteiger partial charge on any atom is -0.469 e. The SMILES string of the molecule is CCN(C[C@H](C)C(=O)OC)c1ncnc2ccc(Br)cc12. The topological polar surface area (TPSA) is 55.3 Å². The van der Waals surface area contributed by atoms with Crippen molar-refractivity contribution in [3.8, 4) is 0 Å². The molecule has 1 atom stereocenters. The molecular weight excluding hydrogens is 334 g/mol. The van der Waals surface area contributed by atoms with Crippen LogP contribution in [0.2, 0.25) is 0 Å². The largest absolute Gasteiger partial charge is 0.469 e. The van der Waals surface area contributed by atoms with Crippen LogP contribution < -0.4 is 4.90 Å². The molecule has 1 aromatic heterocycles. The van der Waals surface area contributed by atoms with Gasteiger partial charge in [0.25, 0.3) is 0 Å². The Morgan fingerprint density at radius 1 is 1.43 bits per heavy atom. The second kappa shape index (κ2) is 6.85. The number of rotatable bonds is 5. The summed E-state index contributed by atoms with van der Waals surface area (Å²) < 4.78 is 5.77. The van der Waals surface area contributed by atoms with E-state index in [9.17, 15) is 4.79 Å². The molecule has 0 aliphatic carbocycles. The van der Waals surface area contributed by atoms with Crippen LogP contribution >= 0.6 is 15.9 Å². The first-order valence-electron chi connectivity index (χ1n) is 6.79. The summed E-state index contributed by atoms with van der Waals surface area (Å²) in [5, 5.41) is 0.964. The fraction of sp³-hybridized carbons (Fsp3) is 0.400. The molecule has 0 amide bonds. The molecule has 2 aromatic rings. The Kier molecular flexibility index (Phi) is 5.12. The molecule has 0 aliphatic rings. The second-order valence-corrected chi connectivity index (χ2v) is 5.74. The predicted molar refractivity (Wildman–Crippen MR) is 86.3 cm³/mol. The number of methoxy groups -OCH3 is 1. The summed E-state index contributed by atoms with van der Waals surface area (Å²) in [5.41, 5.74) is 0.882. The standard InChI is InChI=1S/C15H18BrN3O2/c1-4-19(8-10(2)15(20)21-3)14-12-7-11(16)5-6-13(12)17-9-18-14/h5-7,9-10H,4,8H2,1-3H3/t10-/m0/s1. The van der Waals surface area contributed by atoms with Gasteiger partial charge in [0.15, 0.2) is 0 Å². The van der Waals surface area contributed by atoms with Gasteiger partial charge in [-0.15, -0.1) is 0 Å². The molecule has 1 aromatic carbocycles. The van der Waals surface area contributed by atoms with Crippen LogP contribution in [0.25, 0.3) is 10.9 Å². The molecular formula is C15H18BrN3O2. The van der Waals surface area contributed by atoms with Crippen molar-refractivity contribution >= 4 is 38.6 Å². The average molecular weight is 352 g/mol. The Morgan fingerprint density at radius 3 is 2.86 bits per heavy atom. The summed E-state index contributed by atoms with van der Waals surface area (Å²) >= 11 is 3.47. The molecule has 21 heavy (non-hydrogen) atoms. The van der Waals surface area contributed by atoms with Crippen LogP contribution in [0.4, 0.5) is 5.82 Å². The molecule has 5 nitrogen and oxygen atoms in total. The van der Waals surface area contributed by atoms with Crippen LogP contribution in [0, 0.1) is 5.92 Å². The lowest BCUT2D eigenvalue weighted by Gasteiger charge is -2.25. The molecule has 0 radical (unpaired) electrons. The Balaban J connectivity index is 2.38. The third-order valence-corrected chi connectivity index (χ3v) is 3.85. The highest BCUT2D eigenvalue weighted by Gasteiger charge is 2.19. The van der Waals surface area contributed by atoms with Gasteiger partial charge in [-0.05, 0) is 25.1 Å². The summed E-state index contributed by atoms with van der Waals surface area (Å²) in [6.45, 7) is 5.20. The zero-order valence-corrected chi connectivity index (χ0v) is 13.9. The van der Waals surface area contributed by atoms with Gasteiger partial charge in [-0.2, -0.15) is 0 Å². The van der Waals surface area contributed by atoms with Crippen LogP contribution in [0.1, 0.15) is 13.8 Å². The molecule has 2 rings (SSSR count). The maximum atomic E-state index is 11.6. The van der Waals surface area contributed by atoms with Crippen LogP contribution in [0.3, 0.4) is 0 Å². The quantitative estimate of drug-likeness (QED) is 0.775. The molecule has 0 saturated carbocycles. The number of halogens is 1. The van der Waals surface area contributed by atoms with Gasteiger partial charge in [0.2, 0.25) is 0 Å². The number of hydrogen-bond acceptors (Lipinski definition) is 5. The van der Waals surface area contributed by atoms with E-state index in [0.29, 0.717) is 6.54 Å². The lowest BCUT2D eigenvalue weighted by Crippen LogP contribution is -2.33. The number of fused-ring (bicyclic) bond motifs is 1. The first kappa shape index (κ1) is 15.7. The summed E-state index contributed by atoms with van der Waals surface area (Å²) in [7, 11) is 1.41. The van der Waals surface area contributed by atoms with E-state index in [4.69, 9.17) is 4.74 Å². The minimum atomic E-state index is -0.216. The lowest BCUT2D eigenvalue weighted by atomic mass is 10.1. The first-order valence-corrected chi connectivity index (χ1v) is 7.59. The van der Waals surface area contributed by atoms with Gasteiger partial charge in [0.05, 0.1) is 18.5 Å². The number of carbonyl (C=O) groups is 1. The number of nitrogens with zero attached hydrogens (tertiary/aromatic N) is 3. The third-order valence-electron chi connectivity index (χ3n) is 3.36. The molecule has 0 unspecified atom stereocenters. The van der Waals surface area contributed by atoms with Crippen molar-refractivity contribution in [1.29, 1.82) is 0 Å². The van der Waals surface area contributed by atoms with Crippen molar-refractivity contribution in [3.63, 3.8) is 0 Å². The zero-order valence-electron chi connectivity index (χ0n) is 12.3. The highest BCUT2D eigenvalue weighted by molar-refractivity contribution is 9.10. The van der Waals surface area contributed by atoms with Crippen LogP contribution in [0.15, 0.2) is 29.0 Å². The van der Waals surface area contributed by atoms with Gasteiger partial charge >= 0.3 is 5.97 Å². The van der Waals surface area contributed by atoms with Crippen molar-refractivity contribution in [2.75, 3.05) is 25.1 Å². The fourth-order valence-corrected chi connectivity index (χ4v) is 2.60.